The van der Waals surface area contributed by atoms with Crippen LogP contribution in [0.5, 0.6) is 17.2 Å². The summed E-state index contributed by atoms with van der Waals surface area (Å²) in [4.78, 5) is 12.6. The van der Waals surface area contributed by atoms with E-state index in [0.717, 1.165) is 5.56 Å². The molecular formula is C20H18N2O6. The Morgan fingerprint density at radius 1 is 1.11 bits per heavy atom. The molecule has 1 aliphatic heterocycles. The van der Waals surface area contributed by atoms with Gasteiger partial charge in [-0.3, -0.25) is 0 Å². The van der Waals surface area contributed by atoms with Crippen LogP contribution in [0.4, 0.5) is 0 Å². The molecule has 4 rings (SSSR count). The molecule has 2 aromatic carbocycles. The Morgan fingerprint density at radius 2 is 1.89 bits per heavy atom. The first-order valence-corrected chi connectivity index (χ1v) is 8.73. The van der Waals surface area contributed by atoms with Crippen molar-refractivity contribution in [1.82, 2.24) is 10.2 Å². The van der Waals surface area contributed by atoms with E-state index in [9.17, 15) is 4.79 Å². The summed E-state index contributed by atoms with van der Waals surface area (Å²) in [5, 5.41) is 7.99. The molecule has 144 valence electrons. The van der Waals surface area contributed by atoms with E-state index in [1.165, 1.54) is 7.11 Å². The monoisotopic (exact) mass is 382 g/mol. The standard InChI is InChI=1S/C20H18N2O6/c1-12(18-21-22-19(28-18)13-6-4-3-5-7-13)27-20(23)14-10-15(24-2)17-16(11-14)25-8-9-26-17/h3-7,10-12H,8-9H2,1-2H3/t12-/m0/s1. The highest BCUT2D eigenvalue weighted by Crippen LogP contribution is 2.40. The predicted octanol–water partition coefficient (Wildman–Crippen LogP) is 3.43. The molecule has 28 heavy (non-hydrogen) atoms. The summed E-state index contributed by atoms with van der Waals surface area (Å²) < 4.78 is 27.5. The number of carbonyl (C=O) groups excluding carboxylic acids is 1. The van der Waals surface area contributed by atoms with Gasteiger partial charge in [-0.1, -0.05) is 18.2 Å². The van der Waals surface area contributed by atoms with Crippen LogP contribution < -0.4 is 14.2 Å². The molecule has 1 atom stereocenters. The van der Waals surface area contributed by atoms with Crippen molar-refractivity contribution in [2.24, 2.45) is 0 Å². The molecule has 0 saturated carbocycles. The second-order valence-electron chi connectivity index (χ2n) is 6.06. The number of hydrogen-bond acceptors (Lipinski definition) is 8. The smallest absolute Gasteiger partial charge is 0.339 e. The highest BCUT2D eigenvalue weighted by molar-refractivity contribution is 5.91. The van der Waals surface area contributed by atoms with Gasteiger partial charge in [0, 0.05) is 5.56 Å². The average Bonchev–Trinajstić information content (AvgIpc) is 3.24. The Hall–Kier alpha value is -3.55. The number of benzene rings is 2. The van der Waals surface area contributed by atoms with Crippen LogP contribution in [0.3, 0.4) is 0 Å². The lowest BCUT2D eigenvalue weighted by atomic mass is 10.1. The van der Waals surface area contributed by atoms with Gasteiger partial charge in [-0.25, -0.2) is 4.79 Å². The third-order valence-corrected chi connectivity index (χ3v) is 4.16. The van der Waals surface area contributed by atoms with Crippen LogP contribution in [0.2, 0.25) is 0 Å². The van der Waals surface area contributed by atoms with E-state index < -0.39 is 12.1 Å². The first-order chi connectivity index (χ1) is 13.7. The second kappa shape index (κ2) is 7.59. The number of fused-ring (bicyclic) bond motifs is 1. The van der Waals surface area contributed by atoms with E-state index in [0.29, 0.717) is 36.4 Å². The predicted molar refractivity (Wildman–Crippen MR) is 97.5 cm³/mol. The summed E-state index contributed by atoms with van der Waals surface area (Å²) in [6, 6.07) is 12.5. The second-order valence-corrected chi connectivity index (χ2v) is 6.06. The zero-order chi connectivity index (χ0) is 19.5. The molecule has 0 aliphatic carbocycles. The average molecular weight is 382 g/mol. The number of ether oxygens (including phenoxy) is 4. The van der Waals surface area contributed by atoms with Crippen LogP contribution >= 0.6 is 0 Å². The number of esters is 1. The maximum atomic E-state index is 12.6. The van der Waals surface area contributed by atoms with Crippen molar-refractivity contribution < 1.29 is 28.2 Å². The minimum absolute atomic E-state index is 0.205. The summed E-state index contributed by atoms with van der Waals surface area (Å²) in [6.45, 7) is 2.48. The van der Waals surface area contributed by atoms with E-state index in [-0.39, 0.29) is 11.5 Å². The van der Waals surface area contributed by atoms with Gasteiger partial charge in [0.2, 0.25) is 11.6 Å². The van der Waals surface area contributed by atoms with Gasteiger partial charge in [0.05, 0.1) is 12.7 Å². The molecule has 8 heteroatoms. The number of methoxy groups -OCH3 is 1. The molecule has 0 unspecified atom stereocenters. The SMILES string of the molecule is COc1cc(C(=O)O[C@@H](C)c2nnc(-c3ccccc3)o2)cc2c1OCCO2. The summed E-state index contributed by atoms with van der Waals surface area (Å²) in [7, 11) is 1.49. The molecule has 0 spiro atoms. The molecule has 8 nitrogen and oxygen atoms in total. The maximum Gasteiger partial charge on any atom is 0.339 e. The molecule has 0 bridgehead atoms. The summed E-state index contributed by atoms with van der Waals surface area (Å²) in [5.41, 5.74) is 1.06. The summed E-state index contributed by atoms with van der Waals surface area (Å²) in [6.07, 6.45) is -0.725. The van der Waals surface area contributed by atoms with Crippen molar-refractivity contribution >= 4 is 5.97 Å². The third-order valence-electron chi connectivity index (χ3n) is 4.16. The largest absolute Gasteiger partial charge is 0.493 e. The molecule has 0 amide bonds. The van der Waals surface area contributed by atoms with Crippen LogP contribution in [-0.2, 0) is 4.74 Å². The number of hydrogen-bond donors (Lipinski definition) is 0. The fourth-order valence-corrected chi connectivity index (χ4v) is 2.77. The van der Waals surface area contributed by atoms with Crippen molar-refractivity contribution in [3.8, 4) is 28.7 Å². The highest BCUT2D eigenvalue weighted by atomic mass is 16.6. The molecule has 1 aromatic heterocycles. The van der Waals surface area contributed by atoms with Gasteiger partial charge in [-0.2, -0.15) is 0 Å². The third kappa shape index (κ3) is 3.48. The number of nitrogens with zero attached hydrogens (tertiary/aromatic N) is 2. The first kappa shape index (κ1) is 17.8. The Labute approximate surface area is 161 Å². The zero-order valence-electron chi connectivity index (χ0n) is 15.4. The summed E-state index contributed by atoms with van der Waals surface area (Å²) >= 11 is 0. The van der Waals surface area contributed by atoms with Gasteiger partial charge < -0.3 is 23.4 Å². The molecule has 1 aliphatic rings. The molecule has 0 saturated heterocycles. The van der Waals surface area contributed by atoms with Gasteiger partial charge in [0.25, 0.3) is 5.89 Å². The lowest BCUT2D eigenvalue weighted by Crippen LogP contribution is -2.17. The van der Waals surface area contributed by atoms with Gasteiger partial charge in [0.15, 0.2) is 17.6 Å². The Kier molecular flexibility index (Phi) is 4.84. The zero-order valence-corrected chi connectivity index (χ0v) is 15.4. The summed E-state index contributed by atoms with van der Waals surface area (Å²) in [5.74, 6) is 1.32. The molecule has 0 N–H and O–H groups in total. The van der Waals surface area contributed by atoms with Crippen molar-refractivity contribution in [3.63, 3.8) is 0 Å². The van der Waals surface area contributed by atoms with Gasteiger partial charge >= 0.3 is 5.97 Å². The maximum absolute atomic E-state index is 12.6. The number of carbonyl (C=O) groups is 1. The van der Waals surface area contributed by atoms with Gasteiger partial charge in [0.1, 0.15) is 13.2 Å². The van der Waals surface area contributed by atoms with Crippen LogP contribution in [0.25, 0.3) is 11.5 Å². The van der Waals surface area contributed by atoms with Crippen LogP contribution in [0, 0.1) is 0 Å². The quantitative estimate of drug-likeness (QED) is 0.620. The van der Waals surface area contributed by atoms with Crippen molar-refractivity contribution in [2.45, 2.75) is 13.0 Å². The Morgan fingerprint density at radius 3 is 2.68 bits per heavy atom. The first-order valence-electron chi connectivity index (χ1n) is 8.73. The van der Waals surface area contributed by atoms with Crippen LogP contribution in [0.1, 0.15) is 29.3 Å². The fraction of sp³-hybridized carbons (Fsp3) is 0.250. The molecule has 0 fully saturated rings. The van der Waals surface area contributed by atoms with Crippen LogP contribution in [-0.4, -0.2) is 36.5 Å². The number of aromatic nitrogens is 2. The highest BCUT2D eigenvalue weighted by Gasteiger charge is 2.24. The normalized spacial score (nSPS) is 13.6. The minimum atomic E-state index is -0.725. The van der Waals surface area contributed by atoms with Crippen molar-refractivity contribution in [3.05, 3.63) is 53.9 Å². The van der Waals surface area contributed by atoms with Gasteiger partial charge in [-0.05, 0) is 31.2 Å². The number of rotatable bonds is 5. The van der Waals surface area contributed by atoms with Crippen molar-refractivity contribution in [1.29, 1.82) is 0 Å². The Bertz CT molecular complexity index is 968. The van der Waals surface area contributed by atoms with E-state index in [2.05, 4.69) is 10.2 Å². The topological polar surface area (TPSA) is 92.9 Å². The Balaban J connectivity index is 1.51. The lowest BCUT2D eigenvalue weighted by molar-refractivity contribution is 0.0278. The van der Waals surface area contributed by atoms with E-state index in [1.807, 2.05) is 30.3 Å². The molecule has 2 heterocycles. The van der Waals surface area contributed by atoms with E-state index >= 15 is 0 Å². The molecule has 3 aromatic rings. The van der Waals surface area contributed by atoms with E-state index in [1.54, 1.807) is 19.1 Å². The van der Waals surface area contributed by atoms with E-state index in [4.69, 9.17) is 23.4 Å². The molecular weight excluding hydrogens is 364 g/mol. The van der Waals surface area contributed by atoms with Crippen molar-refractivity contribution in [2.75, 3.05) is 20.3 Å². The minimum Gasteiger partial charge on any atom is -0.493 e. The lowest BCUT2D eigenvalue weighted by Gasteiger charge is -2.21. The van der Waals surface area contributed by atoms with Gasteiger partial charge in [-0.15, -0.1) is 10.2 Å². The molecule has 0 radical (unpaired) electrons. The fourth-order valence-electron chi connectivity index (χ4n) is 2.77. The van der Waals surface area contributed by atoms with Crippen LogP contribution in [0.15, 0.2) is 46.9 Å².